The molecule has 0 bridgehead atoms. The van der Waals surface area contributed by atoms with Crippen LogP contribution < -0.4 is 4.74 Å². The van der Waals surface area contributed by atoms with Crippen LogP contribution >= 0.6 is 0 Å². The summed E-state index contributed by atoms with van der Waals surface area (Å²) in [6.07, 6.45) is 0. The van der Waals surface area contributed by atoms with Gasteiger partial charge in [0.15, 0.2) is 0 Å². The molecule has 2 aliphatic heterocycles. The Hall–Kier alpha value is -6.84. The summed E-state index contributed by atoms with van der Waals surface area (Å²) in [6, 6.07) is 66.3. The van der Waals surface area contributed by atoms with E-state index in [9.17, 15) is 0 Å². The van der Waals surface area contributed by atoms with Crippen LogP contribution in [0.3, 0.4) is 0 Å². The lowest BCUT2D eigenvalue weighted by Crippen LogP contribution is -2.37. The molecule has 12 rings (SSSR count). The van der Waals surface area contributed by atoms with Crippen LogP contribution in [-0.2, 0) is 5.41 Å². The minimum absolute atomic E-state index is 0.573. The molecule has 8 aromatic carbocycles. The van der Waals surface area contributed by atoms with Gasteiger partial charge in [0.1, 0.15) is 11.5 Å². The smallest absolute Gasteiger partial charge is 0.132 e. The van der Waals surface area contributed by atoms with Crippen molar-refractivity contribution in [2.75, 3.05) is 0 Å². The van der Waals surface area contributed by atoms with Crippen LogP contribution in [0.4, 0.5) is 0 Å². The van der Waals surface area contributed by atoms with Crippen molar-refractivity contribution < 1.29 is 4.74 Å². The number of hydrogen-bond acceptors (Lipinski definition) is 1. The standard InChI is InChI=1S/C49H30N2O/c1-2-13-33(14-3-1)50-42-21-8-5-16-35(42)37-29-31(26-28-44(37)50)32-25-27-40-47(30-32)52-46-24-11-7-19-39(46)49(40)38-18-6-10-23-45(38)51-43-22-9-4-15-34(43)36-17-12-20-41(49)48(36)51/h1-30H. The third kappa shape index (κ3) is 3.45. The zero-order valence-corrected chi connectivity index (χ0v) is 28.1. The maximum atomic E-state index is 6.93. The minimum Gasteiger partial charge on any atom is -0.457 e. The summed E-state index contributed by atoms with van der Waals surface area (Å²) in [5, 5.41) is 5.02. The van der Waals surface area contributed by atoms with Crippen LogP contribution in [-0.4, -0.2) is 9.13 Å². The Bertz CT molecular complexity index is 3110. The molecule has 52 heavy (non-hydrogen) atoms. The van der Waals surface area contributed by atoms with E-state index in [0.717, 1.165) is 33.9 Å². The summed E-state index contributed by atoms with van der Waals surface area (Å²) in [7, 11) is 0. The molecule has 1 unspecified atom stereocenters. The average Bonchev–Trinajstić information content (AvgIpc) is 3.73. The number of rotatable bonds is 2. The number of hydrogen-bond donors (Lipinski definition) is 0. The first-order chi connectivity index (χ1) is 25.8. The van der Waals surface area contributed by atoms with Gasteiger partial charge in [0.2, 0.25) is 0 Å². The van der Waals surface area contributed by atoms with E-state index in [1.807, 2.05) is 0 Å². The quantitative estimate of drug-likeness (QED) is 0.180. The molecular weight excluding hydrogens is 633 g/mol. The Morgan fingerprint density at radius 1 is 0.365 bits per heavy atom. The highest BCUT2D eigenvalue weighted by Gasteiger charge is 2.50. The van der Waals surface area contributed by atoms with Gasteiger partial charge in [0.25, 0.3) is 0 Å². The van der Waals surface area contributed by atoms with Gasteiger partial charge in [-0.1, -0.05) is 127 Å². The lowest BCUT2D eigenvalue weighted by atomic mass is 9.61. The molecule has 3 nitrogen and oxygen atoms in total. The van der Waals surface area contributed by atoms with Crippen molar-refractivity contribution in [2.24, 2.45) is 0 Å². The zero-order valence-electron chi connectivity index (χ0n) is 28.1. The van der Waals surface area contributed by atoms with Crippen molar-refractivity contribution in [3.8, 4) is 34.0 Å². The van der Waals surface area contributed by atoms with E-state index in [2.05, 4.69) is 191 Å². The summed E-state index contributed by atoms with van der Waals surface area (Å²) in [6.45, 7) is 0. The molecule has 4 heterocycles. The third-order valence-corrected chi connectivity index (χ3v) is 11.6. The Morgan fingerprint density at radius 2 is 0.962 bits per heavy atom. The Morgan fingerprint density at radius 3 is 1.83 bits per heavy atom. The monoisotopic (exact) mass is 662 g/mol. The lowest BCUT2D eigenvalue weighted by Gasteiger charge is -2.45. The summed E-state index contributed by atoms with van der Waals surface area (Å²) in [4.78, 5) is 0. The summed E-state index contributed by atoms with van der Waals surface area (Å²) < 4.78 is 11.8. The normalized spacial score (nSPS) is 15.5. The first kappa shape index (κ1) is 27.9. The predicted molar refractivity (Wildman–Crippen MR) is 212 cm³/mol. The molecule has 0 saturated carbocycles. The predicted octanol–water partition coefficient (Wildman–Crippen LogP) is 12.3. The maximum Gasteiger partial charge on any atom is 0.132 e. The van der Waals surface area contributed by atoms with Crippen molar-refractivity contribution in [1.82, 2.24) is 9.13 Å². The molecule has 0 saturated heterocycles. The molecule has 0 radical (unpaired) electrons. The molecule has 10 aromatic rings. The topological polar surface area (TPSA) is 19.1 Å². The van der Waals surface area contributed by atoms with E-state index in [4.69, 9.17) is 4.74 Å². The van der Waals surface area contributed by atoms with Gasteiger partial charge < -0.3 is 13.9 Å². The first-order valence-electron chi connectivity index (χ1n) is 17.9. The second-order valence-electron chi connectivity index (χ2n) is 14.1. The molecule has 0 fully saturated rings. The fraction of sp³-hybridized carbons (Fsp3) is 0.0204. The van der Waals surface area contributed by atoms with Crippen molar-refractivity contribution in [2.45, 2.75) is 5.41 Å². The molecule has 0 amide bonds. The van der Waals surface area contributed by atoms with Gasteiger partial charge in [0, 0.05) is 38.4 Å². The largest absolute Gasteiger partial charge is 0.457 e. The minimum atomic E-state index is -0.573. The number of nitrogens with zero attached hydrogens (tertiary/aromatic N) is 2. The fourth-order valence-corrected chi connectivity index (χ4v) is 9.52. The van der Waals surface area contributed by atoms with Gasteiger partial charge in [-0.2, -0.15) is 0 Å². The van der Waals surface area contributed by atoms with Gasteiger partial charge in [-0.25, -0.2) is 0 Å². The summed E-state index contributed by atoms with van der Waals surface area (Å²) in [5.41, 5.74) is 13.8. The molecule has 0 aliphatic carbocycles. The van der Waals surface area contributed by atoms with Crippen LogP contribution in [0.2, 0.25) is 0 Å². The highest BCUT2D eigenvalue weighted by Crippen LogP contribution is 2.60. The van der Waals surface area contributed by atoms with Gasteiger partial charge in [-0.05, 0) is 76.9 Å². The van der Waals surface area contributed by atoms with Crippen LogP contribution in [0.15, 0.2) is 182 Å². The number of fused-ring (bicyclic) bond motifs is 14. The Balaban J connectivity index is 1.13. The van der Waals surface area contributed by atoms with E-state index >= 15 is 0 Å². The average molecular weight is 663 g/mol. The lowest BCUT2D eigenvalue weighted by molar-refractivity contribution is 0.434. The van der Waals surface area contributed by atoms with Crippen LogP contribution in [0.25, 0.3) is 66.1 Å². The second-order valence-corrected chi connectivity index (χ2v) is 14.1. The molecule has 2 aliphatic rings. The molecule has 1 atom stereocenters. The molecule has 3 heteroatoms. The van der Waals surface area contributed by atoms with Gasteiger partial charge in [-0.3, -0.25) is 0 Å². The van der Waals surface area contributed by atoms with Crippen LogP contribution in [0.5, 0.6) is 11.5 Å². The SMILES string of the molecule is c1ccc(-n2c3ccccc3c3cc(-c4ccc5c(c4)Oc4ccccc4C54c5ccccc5-n5c6ccccc6c6cccc4c65)ccc32)cc1. The van der Waals surface area contributed by atoms with E-state index in [0.29, 0.717) is 0 Å². The van der Waals surface area contributed by atoms with E-state index in [1.165, 1.54) is 66.0 Å². The van der Waals surface area contributed by atoms with E-state index < -0.39 is 5.41 Å². The maximum absolute atomic E-state index is 6.93. The highest BCUT2D eigenvalue weighted by atomic mass is 16.5. The summed E-state index contributed by atoms with van der Waals surface area (Å²) in [5.74, 6) is 1.78. The van der Waals surface area contributed by atoms with Crippen molar-refractivity contribution in [1.29, 1.82) is 0 Å². The number of para-hydroxylation sites is 6. The fourth-order valence-electron chi connectivity index (χ4n) is 9.52. The zero-order chi connectivity index (χ0) is 34.0. The highest BCUT2D eigenvalue weighted by molar-refractivity contribution is 6.13. The van der Waals surface area contributed by atoms with Crippen molar-refractivity contribution in [3.05, 3.63) is 204 Å². The Labute approximate surface area is 300 Å². The van der Waals surface area contributed by atoms with E-state index in [1.54, 1.807) is 0 Å². The molecule has 1 spiro atoms. The van der Waals surface area contributed by atoms with Crippen molar-refractivity contribution in [3.63, 3.8) is 0 Å². The molecule has 242 valence electrons. The first-order valence-corrected chi connectivity index (χ1v) is 17.9. The Kier molecular flexibility index (Phi) is 5.43. The van der Waals surface area contributed by atoms with E-state index in [-0.39, 0.29) is 0 Å². The van der Waals surface area contributed by atoms with Gasteiger partial charge in [-0.15, -0.1) is 0 Å². The third-order valence-electron chi connectivity index (χ3n) is 11.6. The number of benzene rings is 8. The number of ether oxygens (including phenoxy) is 1. The molecule has 0 N–H and O–H groups in total. The molecular formula is C49H30N2O. The second kappa shape index (κ2) is 10.1. The number of aromatic nitrogens is 2. The van der Waals surface area contributed by atoms with Gasteiger partial charge in [0.05, 0.1) is 33.2 Å². The van der Waals surface area contributed by atoms with Gasteiger partial charge >= 0.3 is 0 Å². The summed E-state index contributed by atoms with van der Waals surface area (Å²) >= 11 is 0. The molecule has 2 aromatic heterocycles. The van der Waals surface area contributed by atoms with Crippen molar-refractivity contribution >= 4 is 43.6 Å². The van der Waals surface area contributed by atoms with Crippen LogP contribution in [0.1, 0.15) is 22.3 Å². The van der Waals surface area contributed by atoms with Crippen LogP contribution in [0, 0.1) is 0 Å².